The largest absolute Gasteiger partial charge is 0.508 e. The lowest BCUT2D eigenvalue weighted by atomic mass is 10.1. The number of aryl methyl sites for hydroxylation is 2. The first kappa shape index (κ1) is 28.6. The molecule has 2 aromatic heterocycles. The Morgan fingerprint density at radius 2 is 1.77 bits per heavy atom. The number of hydrogen-bond acceptors (Lipinski definition) is 8. The van der Waals surface area contributed by atoms with Gasteiger partial charge in [0.15, 0.2) is 17.0 Å². The Morgan fingerprint density at radius 1 is 1.00 bits per heavy atom. The number of benzene rings is 3. The zero-order chi connectivity index (χ0) is 30.1. The van der Waals surface area contributed by atoms with Gasteiger partial charge < -0.3 is 24.6 Å². The molecule has 11 heteroatoms. The molecule has 0 atom stereocenters. The number of ether oxygens (including phenoxy) is 1. The number of carbonyl (C=O) groups excluding carboxylic acids is 1. The highest BCUT2D eigenvalue weighted by molar-refractivity contribution is 6.34. The van der Waals surface area contributed by atoms with Crippen molar-refractivity contribution in [3.63, 3.8) is 0 Å². The molecule has 2 N–H and O–H groups in total. The van der Waals surface area contributed by atoms with Gasteiger partial charge in [0.1, 0.15) is 11.5 Å². The second-order valence-corrected chi connectivity index (χ2v) is 11.3. The van der Waals surface area contributed by atoms with E-state index in [1.807, 2.05) is 19.2 Å². The molecule has 3 heterocycles. The number of imidazole rings is 1. The van der Waals surface area contributed by atoms with Crippen molar-refractivity contribution in [2.45, 2.75) is 13.5 Å². The first-order chi connectivity index (χ1) is 20.7. The van der Waals surface area contributed by atoms with Crippen LogP contribution >= 0.6 is 11.6 Å². The topological polar surface area (TPSA) is 109 Å². The monoisotopic (exact) mass is 597 g/mol. The van der Waals surface area contributed by atoms with Gasteiger partial charge in [0.05, 0.1) is 16.9 Å². The average molecular weight is 598 g/mol. The van der Waals surface area contributed by atoms with Crippen LogP contribution in [0.1, 0.15) is 21.5 Å². The summed E-state index contributed by atoms with van der Waals surface area (Å²) < 4.78 is 7.95. The Kier molecular flexibility index (Phi) is 7.98. The molecule has 1 fully saturated rings. The third kappa shape index (κ3) is 6.31. The lowest BCUT2D eigenvalue weighted by Gasteiger charge is -2.32. The second kappa shape index (κ2) is 12.0. The quantitative estimate of drug-likeness (QED) is 0.254. The van der Waals surface area contributed by atoms with E-state index in [1.165, 1.54) is 5.56 Å². The van der Waals surface area contributed by atoms with E-state index in [1.54, 1.807) is 53.4 Å². The van der Waals surface area contributed by atoms with Crippen LogP contribution in [0.3, 0.4) is 0 Å². The van der Waals surface area contributed by atoms with Crippen molar-refractivity contribution in [2.24, 2.45) is 7.05 Å². The molecule has 0 spiro atoms. The van der Waals surface area contributed by atoms with E-state index in [9.17, 15) is 9.90 Å². The van der Waals surface area contributed by atoms with E-state index >= 15 is 0 Å². The van der Waals surface area contributed by atoms with E-state index in [0.717, 1.165) is 38.3 Å². The number of hydrogen-bond donors (Lipinski definition) is 2. The molecule has 0 saturated carbocycles. The molecule has 3 aromatic carbocycles. The standard InChI is InChI=1S/C32H32ClN7O3/c1-20-16-23(7-4-22(20)18-40-14-12-38(2)13-15-40)35-31(42)26-17-25(10-11-27(26)33)43-32-28-30(39(3)19-34-28)36-29(37-32)21-5-8-24(41)9-6-21/h4-11,16-17,19,41H,12-15,18H2,1-3H3,(H,35,42). The fourth-order valence-corrected chi connectivity index (χ4v) is 5.24. The summed E-state index contributed by atoms with van der Waals surface area (Å²) >= 11 is 6.46. The van der Waals surface area contributed by atoms with Crippen molar-refractivity contribution in [2.75, 3.05) is 38.5 Å². The molecule has 1 amide bonds. The van der Waals surface area contributed by atoms with Crippen LogP contribution in [0.4, 0.5) is 5.69 Å². The van der Waals surface area contributed by atoms with Gasteiger partial charge in [0, 0.05) is 51.0 Å². The molecule has 0 bridgehead atoms. The fourth-order valence-electron chi connectivity index (χ4n) is 5.04. The molecule has 1 aliphatic rings. The van der Waals surface area contributed by atoms with Gasteiger partial charge >= 0.3 is 0 Å². The minimum atomic E-state index is -0.350. The van der Waals surface area contributed by atoms with E-state index in [-0.39, 0.29) is 23.1 Å². The van der Waals surface area contributed by atoms with E-state index < -0.39 is 0 Å². The normalized spacial score (nSPS) is 14.2. The number of phenolic OH excluding ortho intramolecular Hbond substituents is 1. The maximum atomic E-state index is 13.3. The first-order valence-corrected chi connectivity index (χ1v) is 14.4. The number of fused-ring (bicyclic) bond motifs is 1. The molecule has 220 valence electrons. The number of aromatic hydroxyl groups is 1. The summed E-state index contributed by atoms with van der Waals surface area (Å²) in [4.78, 5) is 31.8. The highest BCUT2D eigenvalue weighted by Gasteiger charge is 2.19. The summed E-state index contributed by atoms with van der Waals surface area (Å²) in [6.45, 7) is 7.18. The Hall–Kier alpha value is -4.51. The molecular weight excluding hydrogens is 566 g/mol. The van der Waals surface area contributed by atoms with Gasteiger partial charge in [-0.2, -0.15) is 4.98 Å². The molecule has 5 aromatic rings. The molecule has 0 aliphatic carbocycles. The highest BCUT2D eigenvalue weighted by atomic mass is 35.5. The number of phenols is 1. The summed E-state index contributed by atoms with van der Waals surface area (Å²) in [6, 6.07) is 17.5. The number of aromatic nitrogens is 4. The van der Waals surface area contributed by atoms with Crippen molar-refractivity contribution in [3.05, 3.63) is 88.7 Å². The molecular formula is C32H32ClN7O3. The predicted octanol–water partition coefficient (Wildman–Crippen LogP) is 5.49. The Bertz CT molecular complexity index is 1800. The van der Waals surface area contributed by atoms with Gasteiger partial charge in [0.25, 0.3) is 11.8 Å². The molecule has 0 radical (unpaired) electrons. The van der Waals surface area contributed by atoms with E-state index in [0.29, 0.717) is 39.0 Å². The van der Waals surface area contributed by atoms with Crippen LogP contribution in [0.5, 0.6) is 17.4 Å². The van der Waals surface area contributed by atoms with Crippen molar-refractivity contribution in [1.29, 1.82) is 0 Å². The number of anilines is 1. The average Bonchev–Trinajstić information content (AvgIpc) is 3.37. The van der Waals surface area contributed by atoms with Gasteiger partial charge in [-0.15, -0.1) is 0 Å². The molecule has 6 rings (SSSR count). The minimum absolute atomic E-state index is 0.144. The number of piperazine rings is 1. The number of rotatable bonds is 7. The predicted molar refractivity (Wildman–Crippen MR) is 167 cm³/mol. The Labute approximate surface area is 254 Å². The van der Waals surface area contributed by atoms with Crippen LogP contribution in [0, 0.1) is 6.92 Å². The van der Waals surface area contributed by atoms with Gasteiger partial charge in [-0.25, -0.2) is 9.97 Å². The van der Waals surface area contributed by atoms with Crippen LogP contribution in [-0.2, 0) is 13.6 Å². The van der Waals surface area contributed by atoms with Crippen LogP contribution in [0.2, 0.25) is 5.02 Å². The second-order valence-electron chi connectivity index (χ2n) is 10.8. The summed E-state index contributed by atoms with van der Waals surface area (Å²) in [5.41, 5.74) is 5.07. The summed E-state index contributed by atoms with van der Waals surface area (Å²) in [6.07, 6.45) is 1.63. The SMILES string of the molecule is Cc1cc(NC(=O)c2cc(Oc3nc(-c4ccc(O)cc4)nc4c3ncn4C)ccc2Cl)ccc1CN1CCN(C)CC1. The fraction of sp³-hybridized carbons (Fsp3) is 0.250. The van der Waals surface area contributed by atoms with Crippen LogP contribution in [0.15, 0.2) is 67.0 Å². The zero-order valence-electron chi connectivity index (χ0n) is 24.2. The molecule has 1 saturated heterocycles. The number of nitrogens with one attached hydrogen (secondary N) is 1. The lowest BCUT2D eigenvalue weighted by Crippen LogP contribution is -2.43. The van der Waals surface area contributed by atoms with Crippen molar-refractivity contribution >= 4 is 34.4 Å². The number of likely N-dealkylation sites (N-methyl/N-ethyl adjacent to an activating group) is 1. The minimum Gasteiger partial charge on any atom is -0.508 e. The first-order valence-electron chi connectivity index (χ1n) is 14.0. The molecule has 43 heavy (non-hydrogen) atoms. The smallest absolute Gasteiger partial charge is 0.257 e. The van der Waals surface area contributed by atoms with Crippen molar-refractivity contribution < 1.29 is 14.6 Å². The number of halogens is 1. The van der Waals surface area contributed by atoms with Crippen molar-refractivity contribution in [1.82, 2.24) is 29.3 Å². The molecule has 10 nitrogen and oxygen atoms in total. The summed E-state index contributed by atoms with van der Waals surface area (Å²) in [7, 11) is 3.98. The van der Waals surface area contributed by atoms with Gasteiger partial charge in [0.2, 0.25) is 0 Å². The third-order valence-electron chi connectivity index (χ3n) is 7.64. The zero-order valence-corrected chi connectivity index (χ0v) is 25.0. The number of nitrogens with zero attached hydrogens (tertiary/aromatic N) is 6. The Morgan fingerprint density at radius 3 is 2.51 bits per heavy atom. The van der Waals surface area contributed by atoms with Gasteiger partial charge in [-0.1, -0.05) is 17.7 Å². The number of carbonyl (C=O) groups is 1. The van der Waals surface area contributed by atoms with Gasteiger partial charge in [-0.3, -0.25) is 9.69 Å². The molecule has 1 aliphatic heterocycles. The lowest BCUT2D eigenvalue weighted by molar-refractivity contribution is 0.102. The van der Waals surface area contributed by atoms with E-state index in [2.05, 4.69) is 50.1 Å². The molecule has 0 unspecified atom stereocenters. The van der Waals surface area contributed by atoms with Gasteiger partial charge in [-0.05, 0) is 79.7 Å². The Balaban J connectivity index is 1.22. The van der Waals surface area contributed by atoms with Crippen LogP contribution in [0.25, 0.3) is 22.6 Å². The summed E-state index contributed by atoms with van der Waals surface area (Å²) in [5.74, 6) is 0.802. The highest BCUT2D eigenvalue weighted by Crippen LogP contribution is 2.32. The van der Waals surface area contributed by atoms with Crippen LogP contribution < -0.4 is 10.1 Å². The van der Waals surface area contributed by atoms with Crippen molar-refractivity contribution in [3.8, 4) is 28.8 Å². The summed E-state index contributed by atoms with van der Waals surface area (Å²) in [5, 5.41) is 13.0. The van der Waals surface area contributed by atoms with Crippen LogP contribution in [-0.4, -0.2) is 73.6 Å². The number of amides is 1. The maximum absolute atomic E-state index is 13.3. The van der Waals surface area contributed by atoms with E-state index in [4.69, 9.17) is 16.3 Å². The maximum Gasteiger partial charge on any atom is 0.257 e. The third-order valence-corrected chi connectivity index (χ3v) is 7.97.